The highest BCUT2D eigenvalue weighted by molar-refractivity contribution is 5.86. The van der Waals surface area contributed by atoms with Gasteiger partial charge < -0.3 is 10.5 Å². The second-order valence-corrected chi connectivity index (χ2v) is 5.20. The van der Waals surface area contributed by atoms with Crippen LogP contribution in [-0.2, 0) is 4.74 Å². The molecule has 2 nitrogen and oxygen atoms in total. The summed E-state index contributed by atoms with van der Waals surface area (Å²) in [6.07, 6.45) is 1.26. The first-order valence-corrected chi connectivity index (χ1v) is 6.62. The van der Waals surface area contributed by atoms with Gasteiger partial charge in [0, 0.05) is 6.61 Å². The SMILES string of the molecule is CC1CCOC1C(N)c1cccc2ccccc12. The van der Waals surface area contributed by atoms with E-state index in [1.54, 1.807) is 0 Å². The molecule has 0 bridgehead atoms. The predicted octanol–water partition coefficient (Wildman–Crippen LogP) is 3.26. The summed E-state index contributed by atoms with van der Waals surface area (Å²) >= 11 is 0. The number of fused-ring (bicyclic) bond motifs is 1. The number of benzene rings is 2. The molecule has 0 amide bonds. The molecule has 0 radical (unpaired) electrons. The fourth-order valence-electron chi connectivity index (χ4n) is 2.89. The Labute approximate surface area is 108 Å². The molecule has 3 rings (SSSR count). The van der Waals surface area contributed by atoms with Gasteiger partial charge in [0.15, 0.2) is 0 Å². The van der Waals surface area contributed by atoms with E-state index < -0.39 is 0 Å². The lowest BCUT2D eigenvalue weighted by Gasteiger charge is -2.24. The van der Waals surface area contributed by atoms with Crippen LogP contribution in [0.5, 0.6) is 0 Å². The number of ether oxygens (including phenoxy) is 1. The summed E-state index contributed by atoms with van der Waals surface area (Å²) in [5, 5.41) is 2.49. The quantitative estimate of drug-likeness (QED) is 0.875. The van der Waals surface area contributed by atoms with E-state index in [9.17, 15) is 0 Å². The van der Waals surface area contributed by atoms with E-state index in [1.165, 1.54) is 16.3 Å². The van der Waals surface area contributed by atoms with Crippen molar-refractivity contribution in [2.24, 2.45) is 11.7 Å². The summed E-state index contributed by atoms with van der Waals surface area (Å²) in [6.45, 7) is 3.06. The van der Waals surface area contributed by atoms with E-state index in [0.717, 1.165) is 13.0 Å². The fraction of sp³-hybridized carbons (Fsp3) is 0.375. The van der Waals surface area contributed by atoms with Gasteiger partial charge in [0.05, 0.1) is 12.1 Å². The first-order valence-electron chi connectivity index (χ1n) is 6.62. The molecule has 94 valence electrons. The molecule has 2 aromatic carbocycles. The monoisotopic (exact) mass is 241 g/mol. The molecule has 3 atom stereocenters. The van der Waals surface area contributed by atoms with Gasteiger partial charge in [0.25, 0.3) is 0 Å². The molecule has 0 aromatic heterocycles. The first-order chi connectivity index (χ1) is 8.77. The van der Waals surface area contributed by atoms with Gasteiger partial charge in [-0.2, -0.15) is 0 Å². The number of rotatable bonds is 2. The molecule has 1 fully saturated rings. The van der Waals surface area contributed by atoms with Gasteiger partial charge in [-0.25, -0.2) is 0 Å². The van der Waals surface area contributed by atoms with Crippen LogP contribution in [0, 0.1) is 5.92 Å². The molecule has 2 aromatic rings. The van der Waals surface area contributed by atoms with Gasteiger partial charge in [0.1, 0.15) is 0 Å². The van der Waals surface area contributed by atoms with Gasteiger partial charge >= 0.3 is 0 Å². The van der Waals surface area contributed by atoms with Crippen molar-refractivity contribution in [3.8, 4) is 0 Å². The van der Waals surface area contributed by atoms with Crippen LogP contribution in [0.2, 0.25) is 0 Å². The topological polar surface area (TPSA) is 35.2 Å². The Kier molecular flexibility index (Phi) is 3.06. The predicted molar refractivity (Wildman–Crippen MR) is 74.4 cm³/mol. The van der Waals surface area contributed by atoms with E-state index in [2.05, 4.69) is 49.4 Å². The molecule has 18 heavy (non-hydrogen) atoms. The second-order valence-electron chi connectivity index (χ2n) is 5.20. The van der Waals surface area contributed by atoms with Crippen molar-refractivity contribution in [2.75, 3.05) is 6.61 Å². The van der Waals surface area contributed by atoms with Crippen molar-refractivity contribution in [1.29, 1.82) is 0 Å². The van der Waals surface area contributed by atoms with Crippen molar-refractivity contribution in [1.82, 2.24) is 0 Å². The van der Waals surface area contributed by atoms with Crippen LogP contribution in [0.4, 0.5) is 0 Å². The molecular formula is C16H19NO. The standard InChI is InChI=1S/C16H19NO/c1-11-9-10-18-16(11)15(17)14-8-4-6-12-5-2-3-7-13(12)14/h2-8,11,15-16H,9-10,17H2,1H3. The van der Waals surface area contributed by atoms with Crippen molar-refractivity contribution < 1.29 is 4.74 Å². The first kappa shape index (κ1) is 11.7. The van der Waals surface area contributed by atoms with Crippen molar-refractivity contribution in [3.05, 3.63) is 48.0 Å². The highest BCUT2D eigenvalue weighted by atomic mass is 16.5. The number of hydrogen-bond donors (Lipinski definition) is 1. The molecule has 2 heteroatoms. The van der Waals surface area contributed by atoms with Gasteiger partial charge in [0.2, 0.25) is 0 Å². The molecule has 1 saturated heterocycles. The molecule has 0 spiro atoms. The zero-order valence-corrected chi connectivity index (χ0v) is 10.7. The number of nitrogens with two attached hydrogens (primary N) is 1. The third kappa shape index (κ3) is 1.92. The van der Waals surface area contributed by atoms with Gasteiger partial charge in [-0.1, -0.05) is 49.4 Å². The molecule has 1 heterocycles. The third-order valence-electron chi connectivity index (χ3n) is 3.98. The molecule has 3 unspecified atom stereocenters. The Hall–Kier alpha value is -1.38. The lowest BCUT2D eigenvalue weighted by atomic mass is 9.90. The largest absolute Gasteiger partial charge is 0.376 e. The van der Waals surface area contributed by atoms with Crippen LogP contribution < -0.4 is 5.73 Å². The Morgan fingerprint density at radius 2 is 1.94 bits per heavy atom. The van der Waals surface area contributed by atoms with Gasteiger partial charge in [-0.15, -0.1) is 0 Å². The van der Waals surface area contributed by atoms with Crippen LogP contribution in [0.1, 0.15) is 24.9 Å². The third-order valence-corrected chi connectivity index (χ3v) is 3.98. The summed E-state index contributed by atoms with van der Waals surface area (Å²) in [6, 6.07) is 14.7. The molecule has 0 saturated carbocycles. The maximum Gasteiger partial charge on any atom is 0.0794 e. The van der Waals surface area contributed by atoms with E-state index in [-0.39, 0.29) is 12.1 Å². The summed E-state index contributed by atoms with van der Waals surface area (Å²) in [4.78, 5) is 0. The minimum atomic E-state index is -0.0337. The Morgan fingerprint density at radius 1 is 1.17 bits per heavy atom. The van der Waals surface area contributed by atoms with E-state index >= 15 is 0 Å². The highest BCUT2D eigenvalue weighted by Crippen LogP contribution is 2.32. The van der Waals surface area contributed by atoms with Crippen LogP contribution in [0.25, 0.3) is 10.8 Å². The Balaban J connectivity index is 2.03. The average molecular weight is 241 g/mol. The van der Waals surface area contributed by atoms with Crippen LogP contribution in [-0.4, -0.2) is 12.7 Å². The maximum atomic E-state index is 6.43. The molecule has 1 aliphatic rings. The van der Waals surface area contributed by atoms with Crippen molar-refractivity contribution in [3.63, 3.8) is 0 Å². The minimum Gasteiger partial charge on any atom is -0.376 e. The molecular weight excluding hydrogens is 222 g/mol. The van der Waals surface area contributed by atoms with E-state index in [4.69, 9.17) is 10.5 Å². The fourth-order valence-corrected chi connectivity index (χ4v) is 2.89. The smallest absolute Gasteiger partial charge is 0.0794 e. The lowest BCUT2D eigenvalue weighted by molar-refractivity contribution is 0.0728. The molecule has 1 aliphatic heterocycles. The maximum absolute atomic E-state index is 6.43. The average Bonchev–Trinajstić information content (AvgIpc) is 2.83. The van der Waals surface area contributed by atoms with Gasteiger partial charge in [-0.3, -0.25) is 0 Å². The van der Waals surface area contributed by atoms with E-state index in [0.29, 0.717) is 5.92 Å². The van der Waals surface area contributed by atoms with E-state index in [1.807, 2.05) is 0 Å². The van der Waals surface area contributed by atoms with Crippen LogP contribution in [0.15, 0.2) is 42.5 Å². The highest BCUT2D eigenvalue weighted by Gasteiger charge is 2.31. The zero-order chi connectivity index (χ0) is 12.5. The van der Waals surface area contributed by atoms with Crippen molar-refractivity contribution >= 4 is 10.8 Å². The number of hydrogen-bond acceptors (Lipinski definition) is 2. The van der Waals surface area contributed by atoms with Crippen molar-refractivity contribution in [2.45, 2.75) is 25.5 Å². The normalized spacial score (nSPS) is 25.4. The van der Waals surface area contributed by atoms with Crippen LogP contribution in [0.3, 0.4) is 0 Å². The summed E-state index contributed by atoms with van der Waals surface area (Å²) < 4.78 is 5.81. The molecule has 0 aliphatic carbocycles. The lowest BCUT2D eigenvalue weighted by Crippen LogP contribution is -2.30. The minimum absolute atomic E-state index is 0.0337. The van der Waals surface area contributed by atoms with Crippen LogP contribution >= 0.6 is 0 Å². The zero-order valence-electron chi connectivity index (χ0n) is 10.7. The molecule has 2 N–H and O–H groups in total. The Bertz CT molecular complexity index is 546. The summed E-state index contributed by atoms with van der Waals surface area (Å²) in [5.41, 5.74) is 7.63. The summed E-state index contributed by atoms with van der Waals surface area (Å²) in [5.74, 6) is 0.541. The Morgan fingerprint density at radius 3 is 2.72 bits per heavy atom. The van der Waals surface area contributed by atoms with Gasteiger partial charge in [-0.05, 0) is 28.7 Å². The summed E-state index contributed by atoms with van der Waals surface area (Å²) in [7, 11) is 0. The second kappa shape index (κ2) is 4.71.